The van der Waals surface area contributed by atoms with Crippen LogP contribution in [0.2, 0.25) is 0 Å². The second-order valence-electron chi connectivity index (χ2n) is 6.30. The number of halogens is 4. The molecule has 0 bridgehead atoms. The first-order valence-corrected chi connectivity index (χ1v) is 9.94. The average molecular weight is 510 g/mol. The van der Waals surface area contributed by atoms with Gasteiger partial charge in [-0.2, -0.15) is 17.5 Å². The number of hydrogen-bond donors (Lipinski definition) is 2. The molecule has 1 aliphatic carbocycles. The molecule has 0 aromatic rings. The number of nitrogens with one attached hydrogen (secondary N) is 2. The van der Waals surface area contributed by atoms with Crippen molar-refractivity contribution in [2.45, 2.75) is 44.2 Å². The van der Waals surface area contributed by atoms with Crippen LogP contribution in [0.25, 0.3) is 0 Å². The quantitative estimate of drug-likeness (QED) is 0.258. The fourth-order valence-corrected chi connectivity index (χ4v) is 3.93. The second kappa shape index (κ2) is 10.1. The van der Waals surface area contributed by atoms with Crippen LogP contribution in [-0.4, -0.2) is 56.4 Å². The van der Waals surface area contributed by atoms with Crippen LogP contribution >= 0.6 is 24.0 Å². The van der Waals surface area contributed by atoms with E-state index in [1.165, 1.54) is 0 Å². The predicted molar refractivity (Wildman–Crippen MR) is 106 cm³/mol. The summed E-state index contributed by atoms with van der Waals surface area (Å²) in [5.74, 6) is 0.776. The van der Waals surface area contributed by atoms with Crippen LogP contribution in [0, 0.1) is 5.92 Å². The van der Waals surface area contributed by atoms with Crippen LogP contribution in [0.4, 0.5) is 13.2 Å². The standard InChI is InChI=1S/C15H25F3N4O2S.HI/c1-2-19-14(21-13-5-3-4-6-13)20-11-12-7-9-22(10-8-12)25(23,24)15(16,17)18;/h3-4,12-13H,2,5-11H2,1H3,(H2,19,20,21);1H. The highest BCUT2D eigenvalue weighted by Crippen LogP contribution is 2.30. The van der Waals surface area contributed by atoms with E-state index in [0.717, 1.165) is 12.8 Å². The third-order valence-corrected chi connectivity index (χ3v) is 6.04. The molecule has 0 amide bonds. The first-order chi connectivity index (χ1) is 11.7. The molecular formula is C15H26F3IN4O2S. The molecule has 0 aromatic carbocycles. The Hall–Kier alpha value is -0.560. The van der Waals surface area contributed by atoms with Crippen LogP contribution < -0.4 is 10.6 Å². The van der Waals surface area contributed by atoms with Crippen LogP contribution in [0.15, 0.2) is 17.1 Å². The second-order valence-corrected chi connectivity index (χ2v) is 8.23. The van der Waals surface area contributed by atoms with Gasteiger partial charge in [0.1, 0.15) is 0 Å². The van der Waals surface area contributed by atoms with Crippen LogP contribution in [0.1, 0.15) is 32.6 Å². The molecule has 0 saturated carbocycles. The molecule has 152 valence electrons. The summed E-state index contributed by atoms with van der Waals surface area (Å²) in [6, 6.07) is 0.316. The lowest BCUT2D eigenvalue weighted by molar-refractivity contribution is -0.0496. The molecule has 6 nitrogen and oxygen atoms in total. The number of guanidine groups is 1. The van der Waals surface area contributed by atoms with Gasteiger partial charge in [-0.3, -0.25) is 4.99 Å². The van der Waals surface area contributed by atoms with Crippen molar-refractivity contribution in [2.24, 2.45) is 10.9 Å². The van der Waals surface area contributed by atoms with Gasteiger partial charge in [-0.15, -0.1) is 24.0 Å². The van der Waals surface area contributed by atoms with Gasteiger partial charge in [-0.1, -0.05) is 12.2 Å². The minimum atomic E-state index is -5.23. The van der Waals surface area contributed by atoms with Gasteiger partial charge < -0.3 is 10.6 Å². The third kappa shape index (κ3) is 6.25. The molecule has 0 aromatic heterocycles. The lowest BCUT2D eigenvalue weighted by atomic mass is 9.98. The SMILES string of the molecule is CCNC(=NCC1CCN(S(=O)(=O)C(F)(F)F)CC1)NC1CC=CC1.I. The van der Waals surface area contributed by atoms with Crippen molar-refractivity contribution in [2.75, 3.05) is 26.2 Å². The number of hydrogen-bond acceptors (Lipinski definition) is 3. The molecule has 2 rings (SSSR count). The Labute approximate surface area is 169 Å². The van der Waals surface area contributed by atoms with Crippen molar-refractivity contribution < 1.29 is 21.6 Å². The van der Waals surface area contributed by atoms with Gasteiger partial charge in [0.25, 0.3) is 0 Å². The number of sulfonamides is 1. The van der Waals surface area contributed by atoms with Crippen LogP contribution in [-0.2, 0) is 10.0 Å². The minimum Gasteiger partial charge on any atom is -0.357 e. The summed E-state index contributed by atoms with van der Waals surface area (Å²) >= 11 is 0. The van der Waals surface area contributed by atoms with Crippen molar-refractivity contribution >= 4 is 40.0 Å². The highest BCUT2D eigenvalue weighted by molar-refractivity contribution is 14.0. The fourth-order valence-electron chi connectivity index (χ4n) is 2.95. The molecule has 2 N–H and O–H groups in total. The lowest BCUT2D eigenvalue weighted by Crippen LogP contribution is -2.45. The number of rotatable bonds is 5. The normalized spacial score (nSPS) is 20.8. The Bertz CT molecular complexity index is 595. The summed E-state index contributed by atoms with van der Waals surface area (Å²) in [5, 5.41) is 6.49. The van der Waals surface area contributed by atoms with E-state index in [2.05, 4.69) is 27.8 Å². The first-order valence-electron chi connectivity index (χ1n) is 8.50. The largest absolute Gasteiger partial charge is 0.511 e. The van der Waals surface area contributed by atoms with E-state index in [4.69, 9.17) is 0 Å². The van der Waals surface area contributed by atoms with Gasteiger partial charge in [0.15, 0.2) is 5.96 Å². The Morgan fingerprint density at radius 3 is 2.31 bits per heavy atom. The van der Waals surface area contributed by atoms with Crippen molar-refractivity contribution in [1.29, 1.82) is 0 Å². The van der Waals surface area contributed by atoms with Crippen molar-refractivity contribution in [3.63, 3.8) is 0 Å². The molecule has 0 atom stereocenters. The maximum absolute atomic E-state index is 12.6. The summed E-state index contributed by atoms with van der Waals surface area (Å²) in [7, 11) is -5.21. The molecule has 1 aliphatic heterocycles. The molecule has 0 radical (unpaired) electrons. The summed E-state index contributed by atoms with van der Waals surface area (Å²) in [6.07, 6.45) is 6.86. The van der Waals surface area contributed by atoms with Crippen molar-refractivity contribution in [3.8, 4) is 0 Å². The Morgan fingerprint density at radius 2 is 1.81 bits per heavy atom. The van der Waals surface area contributed by atoms with Gasteiger partial charge in [-0.25, -0.2) is 8.42 Å². The van der Waals surface area contributed by atoms with E-state index in [-0.39, 0.29) is 43.0 Å². The summed E-state index contributed by atoms with van der Waals surface area (Å²) in [5.41, 5.74) is -5.23. The summed E-state index contributed by atoms with van der Waals surface area (Å²) in [6.45, 7) is 2.92. The molecule has 0 unspecified atom stereocenters. The average Bonchev–Trinajstić information content (AvgIpc) is 3.05. The molecule has 26 heavy (non-hydrogen) atoms. The van der Waals surface area contributed by atoms with E-state index < -0.39 is 15.5 Å². The number of piperidine rings is 1. The number of aliphatic imine (C=N–C) groups is 1. The molecule has 1 fully saturated rings. The topological polar surface area (TPSA) is 73.8 Å². The molecule has 11 heteroatoms. The predicted octanol–water partition coefficient (Wildman–Crippen LogP) is 2.44. The summed E-state index contributed by atoms with van der Waals surface area (Å²) in [4.78, 5) is 4.51. The molecule has 0 spiro atoms. The van der Waals surface area contributed by atoms with E-state index >= 15 is 0 Å². The van der Waals surface area contributed by atoms with Crippen molar-refractivity contribution in [1.82, 2.24) is 14.9 Å². The van der Waals surface area contributed by atoms with Gasteiger partial charge in [-0.05, 0) is 38.5 Å². The zero-order valence-electron chi connectivity index (χ0n) is 14.6. The number of nitrogens with zero attached hydrogens (tertiary/aromatic N) is 2. The minimum absolute atomic E-state index is 0. The summed E-state index contributed by atoms with van der Waals surface area (Å²) < 4.78 is 61.1. The van der Waals surface area contributed by atoms with Gasteiger partial charge >= 0.3 is 15.5 Å². The van der Waals surface area contributed by atoms with E-state index in [0.29, 0.717) is 42.2 Å². The Morgan fingerprint density at radius 1 is 1.23 bits per heavy atom. The molecular weight excluding hydrogens is 484 g/mol. The first kappa shape index (κ1) is 23.5. The fraction of sp³-hybridized carbons (Fsp3) is 0.800. The maximum Gasteiger partial charge on any atom is 0.511 e. The van der Waals surface area contributed by atoms with Gasteiger partial charge in [0.05, 0.1) is 0 Å². The van der Waals surface area contributed by atoms with Crippen LogP contribution in [0.3, 0.4) is 0 Å². The molecule has 1 saturated heterocycles. The van der Waals surface area contributed by atoms with Crippen molar-refractivity contribution in [3.05, 3.63) is 12.2 Å². The Balaban J connectivity index is 0.00000338. The van der Waals surface area contributed by atoms with E-state index in [1.807, 2.05) is 6.92 Å². The smallest absolute Gasteiger partial charge is 0.357 e. The molecule has 1 heterocycles. The monoisotopic (exact) mass is 510 g/mol. The maximum atomic E-state index is 12.6. The third-order valence-electron chi connectivity index (χ3n) is 4.41. The Kier molecular flexibility index (Phi) is 9.13. The zero-order chi connectivity index (χ0) is 18.5. The zero-order valence-corrected chi connectivity index (χ0v) is 17.8. The lowest BCUT2D eigenvalue weighted by Gasteiger charge is -2.31. The van der Waals surface area contributed by atoms with Crippen LogP contribution in [0.5, 0.6) is 0 Å². The molecule has 2 aliphatic rings. The highest BCUT2D eigenvalue weighted by Gasteiger charge is 2.50. The van der Waals surface area contributed by atoms with E-state index in [9.17, 15) is 21.6 Å². The van der Waals surface area contributed by atoms with Gasteiger partial charge in [0.2, 0.25) is 0 Å². The highest BCUT2D eigenvalue weighted by atomic mass is 127. The number of alkyl halides is 3. The van der Waals surface area contributed by atoms with E-state index in [1.54, 1.807) is 0 Å². The van der Waals surface area contributed by atoms with Gasteiger partial charge in [0, 0.05) is 32.2 Å².